The molecule has 0 radical (unpaired) electrons. The van der Waals surface area contributed by atoms with Crippen LogP contribution in [0.1, 0.15) is 18.4 Å². The highest BCUT2D eigenvalue weighted by Gasteiger charge is 2.17. The lowest BCUT2D eigenvalue weighted by atomic mass is 10.0. The molecule has 0 saturated heterocycles. The number of phenols is 3. The third-order valence-corrected chi connectivity index (χ3v) is 3.23. The number of hydrogen-bond acceptors (Lipinski definition) is 5. The second-order valence-corrected chi connectivity index (χ2v) is 4.61. The molecule has 5 N–H and O–H groups in total. The van der Waals surface area contributed by atoms with E-state index in [1.165, 1.54) is 6.07 Å². The van der Waals surface area contributed by atoms with Crippen LogP contribution in [0.2, 0.25) is 0 Å². The van der Waals surface area contributed by atoms with Gasteiger partial charge in [0, 0.05) is 17.2 Å². The van der Waals surface area contributed by atoms with Crippen molar-refractivity contribution in [1.82, 2.24) is 0 Å². The fraction of sp³-hybridized carbons (Fsp3) is 0.267. The van der Waals surface area contributed by atoms with Gasteiger partial charge in [-0.05, 0) is 32.4 Å². The number of benzene rings is 2. The third kappa shape index (κ3) is 2.40. The molecule has 2 aromatic rings. The Morgan fingerprint density at radius 1 is 1.20 bits per heavy atom. The molecule has 0 spiro atoms. The van der Waals surface area contributed by atoms with Crippen LogP contribution in [-0.4, -0.2) is 28.1 Å². The first-order valence-corrected chi connectivity index (χ1v) is 6.46. The minimum atomic E-state index is -0.127. The minimum Gasteiger partial charge on any atom is -0.507 e. The normalized spacial score (nSPS) is 11.5. The van der Waals surface area contributed by atoms with Gasteiger partial charge in [0.2, 0.25) is 0 Å². The van der Waals surface area contributed by atoms with Gasteiger partial charge < -0.3 is 21.1 Å². The Morgan fingerprint density at radius 2 is 1.95 bits per heavy atom. The minimum absolute atomic E-state index is 0.0136. The van der Waals surface area contributed by atoms with Crippen molar-refractivity contribution in [2.24, 2.45) is 10.7 Å². The van der Waals surface area contributed by atoms with E-state index in [2.05, 4.69) is 4.99 Å². The molecule has 0 amide bonds. The van der Waals surface area contributed by atoms with Gasteiger partial charge in [-0.3, -0.25) is 4.99 Å². The quantitative estimate of drug-likeness (QED) is 0.391. The van der Waals surface area contributed by atoms with Gasteiger partial charge in [0.1, 0.15) is 17.2 Å². The summed E-state index contributed by atoms with van der Waals surface area (Å²) in [6, 6.07) is 4.71. The van der Waals surface area contributed by atoms with Crippen molar-refractivity contribution in [3.8, 4) is 17.2 Å². The van der Waals surface area contributed by atoms with Crippen molar-refractivity contribution in [2.45, 2.75) is 19.8 Å². The third-order valence-electron chi connectivity index (χ3n) is 3.23. The van der Waals surface area contributed by atoms with Crippen LogP contribution in [0.25, 0.3) is 10.8 Å². The van der Waals surface area contributed by atoms with Gasteiger partial charge in [0.05, 0.1) is 5.39 Å². The lowest BCUT2D eigenvalue weighted by Gasteiger charge is -2.12. The first-order valence-electron chi connectivity index (χ1n) is 6.46. The van der Waals surface area contributed by atoms with E-state index in [0.29, 0.717) is 23.9 Å². The molecule has 0 aliphatic rings. The largest absolute Gasteiger partial charge is 0.507 e. The maximum Gasteiger partial charge on any atom is 0.153 e. The van der Waals surface area contributed by atoms with E-state index < -0.39 is 0 Å². The summed E-state index contributed by atoms with van der Waals surface area (Å²) in [4.78, 5) is 4.19. The van der Waals surface area contributed by atoms with E-state index in [9.17, 15) is 15.3 Å². The summed E-state index contributed by atoms with van der Waals surface area (Å²) in [5.41, 5.74) is 6.15. The lowest BCUT2D eigenvalue weighted by Crippen LogP contribution is -1.97. The van der Waals surface area contributed by atoms with Crippen molar-refractivity contribution >= 4 is 22.7 Å². The zero-order valence-electron chi connectivity index (χ0n) is 11.3. The van der Waals surface area contributed by atoms with Crippen LogP contribution in [0, 0.1) is 6.92 Å². The molecule has 5 nitrogen and oxygen atoms in total. The maximum absolute atomic E-state index is 10.3. The van der Waals surface area contributed by atoms with Gasteiger partial charge >= 0.3 is 0 Å². The number of nitrogens with two attached hydrogens (primary N) is 1. The molecule has 0 heterocycles. The molecular formula is C15H18N2O3. The summed E-state index contributed by atoms with van der Waals surface area (Å²) < 4.78 is 0. The summed E-state index contributed by atoms with van der Waals surface area (Å²) in [6.07, 6.45) is 3.14. The summed E-state index contributed by atoms with van der Waals surface area (Å²) in [6.45, 7) is 2.24. The van der Waals surface area contributed by atoms with Crippen molar-refractivity contribution < 1.29 is 15.3 Å². The van der Waals surface area contributed by atoms with Crippen LogP contribution in [0.4, 0.5) is 5.69 Å². The van der Waals surface area contributed by atoms with Crippen molar-refractivity contribution in [2.75, 3.05) is 6.54 Å². The summed E-state index contributed by atoms with van der Waals surface area (Å²) in [5, 5.41) is 30.9. The van der Waals surface area contributed by atoms with Gasteiger partial charge in [0.15, 0.2) is 5.75 Å². The predicted molar refractivity (Wildman–Crippen MR) is 80.1 cm³/mol. The van der Waals surface area contributed by atoms with Crippen LogP contribution in [0.15, 0.2) is 23.2 Å². The number of nitrogens with zero attached hydrogens (tertiary/aromatic N) is 1. The van der Waals surface area contributed by atoms with Crippen LogP contribution < -0.4 is 5.73 Å². The van der Waals surface area contributed by atoms with Crippen molar-refractivity contribution in [1.29, 1.82) is 0 Å². The van der Waals surface area contributed by atoms with E-state index in [4.69, 9.17) is 5.73 Å². The highest BCUT2D eigenvalue weighted by atomic mass is 16.3. The van der Waals surface area contributed by atoms with Crippen LogP contribution in [0.5, 0.6) is 17.2 Å². The fourth-order valence-corrected chi connectivity index (χ4v) is 2.12. The number of rotatable bonds is 4. The molecule has 0 aliphatic heterocycles. The van der Waals surface area contributed by atoms with Crippen LogP contribution in [0.3, 0.4) is 0 Å². The molecule has 106 valence electrons. The lowest BCUT2D eigenvalue weighted by molar-refractivity contribution is 0.457. The number of unbranched alkanes of at least 4 members (excludes halogenated alkanes) is 1. The number of aliphatic imine (C=N–C) groups is 1. The molecule has 0 atom stereocenters. The molecule has 2 rings (SSSR count). The SMILES string of the molecule is Cc1c(N=CCCCN)c(O)c2c(O)cccc2c1O. The van der Waals surface area contributed by atoms with E-state index in [1.54, 1.807) is 25.3 Å². The monoisotopic (exact) mass is 274 g/mol. The molecule has 0 unspecified atom stereocenters. The van der Waals surface area contributed by atoms with E-state index in [-0.39, 0.29) is 28.3 Å². The Balaban J connectivity index is 2.61. The second-order valence-electron chi connectivity index (χ2n) is 4.61. The summed E-state index contributed by atoms with van der Waals surface area (Å²) in [7, 11) is 0. The molecule has 0 bridgehead atoms. The predicted octanol–water partition coefficient (Wildman–Crippen LogP) is 2.71. The first-order chi connectivity index (χ1) is 9.57. The number of aromatic hydroxyl groups is 3. The highest BCUT2D eigenvalue weighted by Crippen LogP contribution is 2.47. The van der Waals surface area contributed by atoms with Gasteiger partial charge in [-0.15, -0.1) is 0 Å². The molecule has 0 fully saturated rings. The second kappa shape index (κ2) is 5.79. The Bertz CT molecular complexity index is 666. The highest BCUT2D eigenvalue weighted by molar-refractivity contribution is 6.02. The molecular weight excluding hydrogens is 256 g/mol. The fourth-order valence-electron chi connectivity index (χ4n) is 2.12. The molecule has 0 saturated carbocycles. The molecule has 0 aromatic heterocycles. The number of phenolic OH excluding ortho intramolecular Hbond substituents is 3. The summed E-state index contributed by atoms with van der Waals surface area (Å²) >= 11 is 0. The van der Waals surface area contributed by atoms with Crippen LogP contribution >= 0.6 is 0 Å². The Morgan fingerprint density at radius 3 is 2.65 bits per heavy atom. The average Bonchev–Trinajstić information content (AvgIpc) is 2.44. The van der Waals surface area contributed by atoms with Gasteiger partial charge in [0.25, 0.3) is 0 Å². The van der Waals surface area contributed by atoms with Crippen LogP contribution in [-0.2, 0) is 0 Å². The molecule has 0 aliphatic carbocycles. The van der Waals surface area contributed by atoms with E-state index in [0.717, 1.165) is 6.42 Å². The Kier molecular flexibility index (Phi) is 4.10. The molecule has 5 heteroatoms. The maximum atomic E-state index is 10.3. The van der Waals surface area contributed by atoms with Gasteiger partial charge in [-0.1, -0.05) is 12.1 Å². The number of fused-ring (bicyclic) bond motifs is 1. The van der Waals surface area contributed by atoms with Gasteiger partial charge in [-0.25, -0.2) is 0 Å². The zero-order valence-corrected chi connectivity index (χ0v) is 11.3. The topological polar surface area (TPSA) is 99.1 Å². The average molecular weight is 274 g/mol. The first kappa shape index (κ1) is 14.1. The Hall–Kier alpha value is -2.27. The number of hydrogen-bond donors (Lipinski definition) is 4. The van der Waals surface area contributed by atoms with E-state index >= 15 is 0 Å². The smallest absolute Gasteiger partial charge is 0.153 e. The van der Waals surface area contributed by atoms with E-state index in [1.807, 2.05) is 0 Å². The Labute approximate surface area is 117 Å². The van der Waals surface area contributed by atoms with Gasteiger partial charge in [-0.2, -0.15) is 0 Å². The summed E-state index contributed by atoms with van der Waals surface area (Å²) in [5.74, 6) is -0.203. The standard InChI is InChI=1S/C15H18N2O3/c1-9-13(17-8-3-2-7-16)15(20)12-10(14(9)19)5-4-6-11(12)18/h4-6,8,18-20H,2-3,7,16H2,1H3. The van der Waals surface area contributed by atoms with Crippen molar-refractivity contribution in [3.05, 3.63) is 23.8 Å². The molecule has 20 heavy (non-hydrogen) atoms. The molecule has 2 aromatic carbocycles. The van der Waals surface area contributed by atoms with Crippen molar-refractivity contribution in [3.63, 3.8) is 0 Å². The zero-order chi connectivity index (χ0) is 14.7.